The zero-order valence-corrected chi connectivity index (χ0v) is 17.0. The quantitative estimate of drug-likeness (QED) is 0.867. The van der Waals surface area contributed by atoms with E-state index in [0.29, 0.717) is 39.1 Å². The largest absolute Gasteiger partial charge is 0.480 e. The van der Waals surface area contributed by atoms with Crippen LogP contribution in [-0.4, -0.2) is 60.4 Å². The van der Waals surface area contributed by atoms with Crippen LogP contribution in [0, 0.1) is 13.8 Å². The van der Waals surface area contributed by atoms with Crippen molar-refractivity contribution in [1.29, 1.82) is 0 Å². The first-order chi connectivity index (χ1) is 14.0. The highest BCUT2D eigenvalue weighted by Gasteiger charge is 2.33. The molecule has 4 rings (SSSR count). The molecular weight excluding hydrogens is 366 g/mol. The minimum absolute atomic E-state index is 0.0203. The highest BCUT2D eigenvalue weighted by molar-refractivity contribution is 5.93. The number of hydrogen-bond donors (Lipinski definition) is 1. The number of hydrogen-bond acceptors (Lipinski definition) is 4. The number of aryl methyl sites for hydroxylation is 1. The van der Waals surface area contributed by atoms with Gasteiger partial charge in [-0.3, -0.25) is 14.5 Å². The lowest BCUT2D eigenvalue weighted by Crippen LogP contribution is -2.53. The van der Waals surface area contributed by atoms with Gasteiger partial charge in [-0.25, -0.2) is 0 Å². The van der Waals surface area contributed by atoms with Gasteiger partial charge in [0.15, 0.2) is 6.10 Å². The lowest BCUT2D eigenvalue weighted by atomic mass is 10.1. The molecule has 1 N–H and O–H groups in total. The van der Waals surface area contributed by atoms with E-state index in [-0.39, 0.29) is 11.8 Å². The number of amides is 2. The summed E-state index contributed by atoms with van der Waals surface area (Å²) >= 11 is 0. The molecule has 0 spiro atoms. The Morgan fingerprint density at radius 2 is 1.79 bits per heavy atom. The van der Waals surface area contributed by atoms with Gasteiger partial charge in [-0.2, -0.15) is 0 Å². The molecule has 2 aliphatic rings. The topological polar surface area (TPSA) is 61.9 Å². The molecule has 0 radical (unpaired) electrons. The maximum atomic E-state index is 12.8. The lowest BCUT2D eigenvalue weighted by molar-refractivity contribution is -0.139. The van der Waals surface area contributed by atoms with Gasteiger partial charge < -0.3 is 15.0 Å². The Morgan fingerprint density at radius 3 is 2.55 bits per heavy atom. The molecule has 2 amide bonds. The molecule has 6 heteroatoms. The van der Waals surface area contributed by atoms with Gasteiger partial charge in [0.05, 0.1) is 6.54 Å². The van der Waals surface area contributed by atoms with E-state index in [1.165, 1.54) is 0 Å². The Bertz CT molecular complexity index is 894. The third-order valence-electron chi connectivity index (χ3n) is 5.85. The molecule has 0 bridgehead atoms. The lowest BCUT2D eigenvalue weighted by Gasteiger charge is -2.35. The molecule has 29 heavy (non-hydrogen) atoms. The summed E-state index contributed by atoms with van der Waals surface area (Å²) in [5, 5.41) is 3.01. The number of rotatable bonds is 4. The summed E-state index contributed by atoms with van der Waals surface area (Å²) in [6.07, 6.45) is 0.208. The van der Waals surface area contributed by atoms with Gasteiger partial charge in [-0.1, -0.05) is 30.3 Å². The second-order valence-electron chi connectivity index (χ2n) is 7.82. The molecule has 6 nitrogen and oxygen atoms in total. The van der Waals surface area contributed by atoms with E-state index in [4.69, 9.17) is 4.74 Å². The van der Waals surface area contributed by atoms with E-state index in [2.05, 4.69) is 10.2 Å². The number of anilines is 1. The molecule has 2 aliphatic heterocycles. The first-order valence-corrected chi connectivity index (χ1v) is 10.1. The van der Waals surface area contributed by atoms with Crippen molar-refractivity contribution in [2.75, 3.05) is 38.0 Å². The Labute approximate surface area is 171 Å². The Morgan fingerprint density at radius 1 is 1.03 bits per heavy atom. The average Bonchev–Trinajstić information content (AvgIpc) is 3.16. The van der Waals surface area contributed by atoms with Gasteiger partial charge in [-0.15, -0.1) is 0 Å². The third-order valence-corrected chi connectivity index (χ3v) is 5.85. The second-order valence-corrected chi connectivity index (χ2v) is 7.82. The number of nitrogens with one attached hydrogen (secondary N) is 1. The standard InChI is InChI=1S/C23H27N3O3/c1-16-6-5-8-19(17(16)2)24-22(27)15-25-10-12-26(13-11-25)23(28)21-14-18-7-3-4-9-20(18)29-21/h3-9,21H,10-15H2,1-2H3,(H,24,27). The van der Waals surface area contributed by atoms with E-state index in [1.54, 1.807) is 0 Å². The van der Waals surface area contributed by atoms with Crippen LogP contribution in [0.5, 0.6) is 5.75 Å². The second kappa shape index (κ2) is 8.25. The van der Waals surface area contributed by atoms with E-state index in [0.717, 1.165) is 28.1 Å². The first-order valence-electron chi connectivity index (χ1n) is 10.1. The van der Waals surface area contributed by atoms with Crippen molar-refractivity contribution in [1.82, 2.24) is 9.80 Å². The summed E-state index contributed by atoms with van der Waals surface area (Å²) in [5.74, 6) is 0.835. The summed E-state index contributed by atoms with van der Waals surface area (Å²) in [6.45, 7) is 6.99. The maximum Gasteiger partial charge on any atom is 0.264 e. The summed E-state index contributed by atoms with van der Waals surface area (Å²) in [4.78, 5) is 29.2. The van der Waals surface area contributed by atoms with E-state index in [9.17, 15) is 9.59 Å². The van der Waals surface area contributed by atoms with E-state index < -0.39 is 6.10 Å². The molecule has 1 fully saturated rings. The van der Waals surface area contributed by atoms with Crippen LogP contribution < -0.4 is 10.1 Å². The number of para-hydroxylation sites is 1. The number of carbonyl (C=O) groups is 2. The number of carbonyl (C=O) groups excluding carboxylic acids is 2. The minimum Gasteiger partial charge on any atom is -0.480 e. The smallest absolute Gasteiger partial charge is 0.264 e. The van der Waals surface area contributed by atoms with Crippen LogP contribution in [0.25, 0.3) is 0 Å². The molecule has 1 unspecified atom stereocenters. The van der Waals surface area contributed by atoms with Gasteiger partial charge in [0.1, 0.15) is 5.75 Å². The SMILES string of the molecule is Cc1cccc(NC(=O)CN2CCN(C(=O)C3Cc4ccccc4O3)CC2)c1C. The van der Waals surface area contributed by atoms with E-state index >= 15 is 0 Å². The van der Waals surface area contributed by atoms with Crippen molar-refractivity contribution in [3.8, 4) is 5.75 Å². The first kappa shape index (κ1) is 19.5. The van der Waals surface area contributed by atoms with E-state index in [1.807, 2.05) is 61.2 Å². The Kier molecular flexibility index (Phi) is 5.53. The van der Waals surface area contributed by atoms with Crippen LogP contribution in [-0.2, 0) is 16.0 Å². The van der Waals surface area contributed by atoms with Crippen molar-refractivity contribution in [2.24, 2.45) is 0 Å². The van der Waals surface area contributed by atoms with Gasteiger partial charge in [0, 0.05) is 38.3 Å². The van der Waals surface area contributed by atoms with Crippen LogP contribution in [0.3, 0.4) is 0 Å². The molecule has 1 atom stereocenters. The summed E-state index contributed by atoms with van der Waals surface area (Å²) in [5.41, 5.74) is 4.20. The Hall–Kier alpha value is -2.86. The third kappa shape index (κ3) is 4.27. The zero-order chi connectivity index (χ0) is 20.4. The molecule has 1 saturated heterocycles. The number of ether oxygens (including phenoxy) is 1. The molecule has 0 aliphatic carbocycles. The fourth-order valence-corrected chi connectivity index (χ4v) is 3.93. The predicted molar refractivity (Wildman–Crippen MR) is 112 cm³/mol. The maximum absolute atomic E-state index is 12.8. The van der Waals surface area contributed by atoms with Crippen molar-refractivity contribution in [2.45, 2.75) is 26.4 Å². The van der Waals surface area contributed by atoms with Crippen molar-refractivity contribution < 1.29 is 14.3 Å². The van der Waals surface area contributed by atoms with Crippen molar-refractivity contribution >= 4 is 17.5 Å². The molecule has 2 heterocycles. The highest BCUT2D eigenvalue weighted by Crippen LogP contribution is 2.29. The van der Waals surface area contributed by atoms with Crippen LogP contribution in [0.15, 0.2) is 42.5 Å². The number of fused-ring (bicyclic) bond motifs is 1. The van der Waals surface area contributed by atoms with Gasteiger partial charge in [-0.05, 0) is 42.7 Å². The number of benzene rings is 2. The predicted octanol–water partition coefficient (Wildman–Crippen LogP) is 2.39. The monoisotopic (exact) mass is 393 g/mol. The van der Waals surface area contributed by atoms with Crippen LogP contribution >= 0.6 is 0 Å². The molecule has 0 aromatic heterocycles. The summed E-state index contributed by atoms with van der Waals surface area (Å²) < 4.78 is 5.83. The van der Waals surface area contributed by atoms with Crippen LogP contribution in [0.4, 0.5) is 5.69 Å². The van der Waals surface area contributed by atoms with Crippen molar-refractivity contribution in [3.63, 3.8) is 0 Å². The Balaban J connectivity index is 1.26. The molecule has 152 valence electrons. The molecule has 2 aromatic rings. The zero-order valence-electron chi connectivity index (χ0n) is 17.0. The molecule has 0 saturated carbocycles. The summed E-state index contributed by atoms with van der Waals surface area (Å²) in [6, 6.07) is 13.7. The van der Waals surface area contributed by atoms with Crippen LogP contribution in [0.2, 0.25) is 0 Å². The fourth-order valence-electron chi connectivity index (χ4n) is 3.93. The van der Waals surface area contributed by atoms with Gasteiger partial charge >= 0.3 is 0 Å². The van der Waals surface area contributed by atoms with Crippen LogP contribution in [0.1, 0.15) is 16.7 Å². The molecular formula is C23H27N3O3. The molecule has 2 aromatic carbocycles. The average molecular weight is 393 g/mol. The van der Waals surface area contributed by atoms with Gasteiger partial charge in [0.25, 0.3) is 5.91 Å². The number of nitrogens with zero attached hydrogens (tertiary/aromatic N) is 2. The number of piperazine rings is 1. The van der Waals surface area contributed by atoms with Crippen molar-refractivity contribution in [3.05, 3.63) is 59.2 Å². The minimum atomic E-state index is -0.424. The summed E-state index contributed by atoms with van der Waals surface area (Å²) in [7, 11) is 0. The highest BCUT2D eigenvalue weighted by atomic mass is 16.5. The fraction of sp³-hybridized carbons (Fsp3) is 0.391. The normalized spacial score (nSPS) is 18.8. The van der Waals surface area contributed by atoms with Gasteiger partial charge in [0.2, 0.25) is 5.91 Å².